The SMILES string of the molecule is O=C(CNc1cccc2ccccc12)N/N=C\c1ccc(-c2ccc(Cl)c(Cl)c2)o1. The van der Waals surface area contributed by atoms with E-state index >= 15 is 0 Å². The van der Waals surface area contributed by atoms with E-state index in [0.717, 1.165) is 22.0 Å². The number of carbonyl (C=O) groups is 1. The van der Waals surface area contributed by atoms with E-state index in [1.165, 1.54) is 6.21 Å². The third-order valence-corrected chi connectivity index (χ3v) is 5.18. The van der Waals surface area contributed by atoms with Crippen LogP contribution in [0.2, 0.25) is 10.0 Å². The van der Waals surface area contributed by atoms with E-state index in [9.17, 15) is 4.79 Å². The van der Waals surface area contributed by atoms with Crippen molar-refractivity contribution < 1.29 is 9.21 Å². The van der Waals surface area contributed by atoms with Crippen molar-refractivity contribution >= 4 is 51.8 Å². The van der Waals surface area contributed by atoms with Gasteiger partial charge in [0.25, 0.3) is 5.91 Å². The third-order valence-electron chi connectivity index (χ3n) is 4.44. The number of amides is 1. The normalized spacial score (nSPS) is 11.1. The maximum atomic E-state index is 12.1. The van der Waals surface area contributed by atoms with Crippen molar-refractivity contribution in [3.8, 4) is 11.3 Å². The molecule has 0 saturated carbocycles. The highest BCUT2D eigenvalue weighted by Gasteiger charge is 2.07. The average Bonchev–Trinajstić information content (AvgIpc) is 3.23. The Hall–Kier alpha value is -3.28. The van der Waals surface area contributed by atoms with Crippen molar-refractivity contribution in [2.45, 2.75) is 0 Å². The molecule has 150 valence electrons. The van der Waals surface area contributed by atoms with Gasteiger partial charge in [0, 0.05) is 16.6 Å². The molecule has 1 amide bonds. The van der Waals surface area contributed by atoms with Crippen molar-refractivity contribution in [1.82, 2.24) is 5.43 Å². The number of nitrogens with one attached hydrogen (secondary N) is 2. The van der Waals surface area contributed by atoms with Gasteiger partial charge in [-0.05, 0) is 41.8 Å². The Kier molecular flexibility index (Phi) is 6.02. The summed E-state index contributed by atoms with van der Waals surface area (Å²) >= 11 is 12.0. The zero-order chi connectivity index (χ0) is 20.9. The second kappa shape index (κ2) is 9.03. The first-order valence-electron chi connectivity index (χ1n) is 9.19. The molecule has 0 unspecified atom stereocenters. The summed E-state index contributed by atoms with van der Waals surface area (Å²) < 4.78 is 5.71. The van der Waals surface area contributed by atoms with Crippen LogP contribution in [-0.4, -0.2) is 18.7 Å². The summed E-state index contributed by atoms with van der Waals surface area (Å²) in [6, 6.07) is 22.7. The van der Waals surface area contributed by atoms with Crippen molar-refractivity contribution in [1.29, 1.82) is 0 Å². The first kappa shape index (κ1) is 20.0. The highest BCUT2D eigenvalue weighted by atomic mass is 35.5. The van der Waals surface area contributed by atoms with E-state index in [4.69, 9.17) is 27.6 Å². The first-order valence-corrected chi connectivity index (χ1v) is 9.94. The molecule has 0 bridgehead atoms. The summed E-state index contributed by atoms with van der Waals surface area (Å²) in [6.45, 7) is 0.0953. The quantitative estimate of drug-likeness (QED) is 0.288. The largest absolute Gasteiger partial charge is 0.455 e. The molecule has 4 rings (SSSR count). The number of hydrazone groups is 1. The number of benzene rings is 3. The van der Waals surface area contributed by atoms with E-state index in [-0.39, 0.29) is 12.5 Å². The molecule has 4 aromatic rings. The Balaban J connectivity index is 1.34. The molecule has 7 heteroatoms. The van der Waals surface area contributed by atoms with Crippen LogP contribution >= 0.6 is 23.2 Å². The summed E-state index contributed by atoms with van der Waals surface area (Å²) in [7, 11) is 0. The van der Waals surface area contributed by atoms with Gasteiger partial charge in [0.2, 0.25) is 0 Å². The van der Waals surface area contributed by atoms with Crippen LogP contribution in [0.25, 0.3) is 22.1 Å². The van der Waals surface area contributed by atoms with Gasteiger partial charge in [-0.15, -0.1) is 0 Å². The summed E-state index contributed by atoms with van der Waals surface area (Å²) in [5, 5.41) is 10.2. The van der Waals surface area contributed by atoms with Crippen LogP contribution in [0.4, 0.5) is 5.69 Å². The lowest BCUT2D eigenvalue weighted by Gasteiger charge is -2.08. The second-order valence-electron chi connectivity index (χ2n) is 6.50. The van der Waals surface area contributed by atoms with Crippen molar-refractivity contribution in [3.05, 3.63) is 88.6 Å². The number of hydrogen-bond donors (Lipinski definition) is 2. The lowest BCUT2D eigenvalue weighted by molar-refractivity contribution is -0.119. The first-order chi connectivity index (χ1) is 14.6. The molecule has 1 heterocycles. The average molecular weight is 438 g/mol. The lowest BCUT2D eigenvalue weighted by Crippen LogP contribution is -2.25. The fraction of sp³-hybridized carbons (Fsp3) is 0.0435. The standard InChI is InChI=1S/C23H17Cl2N3O2/c24-19-10-8-16(12-20(19)25)22-11-9-17(30-22)13-27-28-23(29)14-26-21-7-3-5-15-4-1-2-6-18(15)21/h1-13,26H,14H2,(H,28,29)/b27-13-. The molecule has 0 aliphatic carbocycles. The van der Waals surface area contributed by atoms with Gasteiger partial charge in [-0.2, -0.15) is 5.10 Å². The van der Waals surface area contributed by atoms with Crippen LogP contribution in [0.1, 0.15) is 5.76 Å². The molecule has 0 saturated heterocycles. The molecule has 0 aliphatic rings. The number of furan rings is 1. The monoisotopic (exact) mass is 437 g/mol. The number of rotatable bonds is 6. The fourth-order valence-electron chi connectivity index (χ4n) is 2.99. The van der Waals surface area contributed by atoms with Gasteiger partial charge in [-0.25, -0.2) is 5.43 Å². The molecular weight excluding hydrogens is 421 g/mol. The lowest BCUT2D eigenvalue weighted by atomic mass is 10.1. The highest BCUT2D eigenvalue weighted by Crippen LogP contribution is 2.29. The number of nitrogens with zero attached hydrogens (tertiary/aromatic N) is 1. The summed E-state index contributed by atoms with van der Waals surface area (Å²) in [5.41, 5.74) is 4.18. The third kappa shape index (κ3) is 4.64. The minimum absolute atomic E-state index is 0.0953. The van der Waals surface area contributed by atoms with Crippen molar-refractivity contribution in [3.63, 3.8) is 0 Å². The maximum absolute atomic E-state index is 12.1. The van der Waals surface area contributed by atoms with Crippen LogP contribution in [0.3, 0.4) is 0 Å². The van der Waals surface area contributed by atoms with Gasteiger partial charge in [0.05, 0.1) is 22.8 Å². The predicted octanol–water partition coefficient (Wildman–Crippen LogP) is 5.97. The van der Waals surface area contributed by atoms with Gasteiger partial charge in [-0.1, -0.05) is 59.6 Å². The van der Waals surface area contributed by atoms with Gasteiger partial charge in [0.15, 0.2) is 0 Å². The van der Waals surface area contributed by atoms with Gasteiger partial charge >= 0.3 is 0 Å². The van der Waals surface area contributed by atoms with E-state index in [2.05, 4.69) is 15.8 Å². The summed E-state index contributed by atoms with van der Waals surface area (Å²) in [5.74, 6) is 0.854. The Labute approximate surface area is 183 Å². The zero-order valence-electron chi connectivity index (χ0n) is 15.7. The molecule has 1 aromatic heterocycles. The van der Waals surface area contributed by atoms with Crippen LogP contribution < -0.4 is 10.7 Å². The van der Waals surface area contributed by atoms with Crippen LogP contribution in [0, 0.1) is 0 Å². The summed E-state index contributed by atoms with van der Waals surface area (Å²) in [4.78, 5) is 12.1. The maximum Gasteiger partial charge on any atom is 0.259 e. The Morgan fingerprint density at radius 3 is 2.67 bits per heavy atom. The highest BCUT2D eigenvalue weighted by molar-refractivity contribution is 6.42. The second-order valence-corrected chi connectivity index (χ2v) is 7.32. The van der Waals surface area contributed by atoms with Crippen molar-refractivity contribution in [2.75, 3.05) is 11.9 Å². The molecule has 2 N–H and O–H groups in total. The zero-order valence-corrected chi connectivity index (χ0v) is 17.2. The van der Waals surface area contributed by atoms with Gasteiger partial charge < -0.3 is 9.73 Å². The van der Waals surface area contributed by atoms with Crippen molar-refractivity contribution in [2.24, 2.45) is 5.10 Å². The molecule has 0 radical (unpaired) electrons. The number of halogens is 2. The van der Waals surface area contributed by atoms with E-state index < -0.39 is 0 Å². The fourth-order valence-corrected chi connectivity index (χ4v) is 3.29. The number of carbonyl (C=O) groups excluding carboxylic acids is 1. The Morgan fingerprint density at radius 2 is 1.80 bits per heavy atom. The predicted molar refractivity (Wildman–Crippen MR) is 122 cm³/mol. The van der Waals surface area contributed by atoms with Crippen LogP contribution in [-0.2, 0) is 4.79 Å². The molecule has 0 fully saturated rings. The molecular formula is C23H17Cl2N3O2. The summed E-state index contributed by atoms with van der Waals surface area (Å²) in [6.07, 6.45) is 1.44. The smallest absolute Gasteiger partial charge is 0.259 e. The Bertz CT molecular complexity index is 1230. The number of fused-ring (bicyclic) bond motifs is 1. The molecule has 5 nitrogen and oxygen atoms in total. The molecule has 0 spiro atoms. The minimum Gasteiger partial charge on any atom is -0.455 e. The number of anilines is 1. The van der Waals surface area contributed by atoms with Crippen LogP contribution in [0.5, 0.6) is 0 Å². The Morgan fingerprint density at radius 1 is 0.967 bits per heavy atom. The van der Waals surface area contributed by atoms with Gasteiger partial charge in [-0.3, -0.25) is 4.79 Å². The van der Waals surface area contributed by atoms with Gasteiger partial charge in [0.1, 0.15) is 11.5 Å². The minimum atomic E-state index is -0.268. The molecule has 3 aromatic carbocycles. The van der Waals surface area contributed by atoms with Crippen LogP contribution in [0.15, 0.2) is 82.3 Å². The number of hydrogen-bond acceptors (Lipinski definition) is 4. The topological polar surface area (TPSA) is 66.6 Å². The van der Waals surface area contributed by atoms with E-state index in [0.29, 0.717) is 21.6 Å². The van der Waals surface area contributed by atoms with E-state index in [1.807, 2.05) is 48.5 Å². The molecule has 0 atom stereocenters. The molecule has 0 aliphatic heterocycles. The molecule has 30 heavy (non-hydrogen) atoms. The van der Waals surface area contributed by atoms with E-state index in [1.54, 1.807) is 24.3 Å².